The van der Waals surface area contributed by atoms with E-state index in [0.717, 1.165) is 36.6 Å². The minimum atomic E-state index is -0.138. The number of rotatable bonds is 2. The number of aromatic nitrogens is 1. The molecule has 14 heavy (non-hydrogen) atoms. The van der Waals surface area contributed by atoms with Gasteiger partial charge in [-0.15, -0.1) is 0 Å². The molecule has 0 spiro atoms. The smallest absolute Gasteiger partial charge is 0.273 e. The van der Waals surface area contributed by atoms with Gasteiger partial charge in [0.25, 0.3) is 5.19 Å². The maximum absolute atomic E-state index is 9.55. The second kappa shape index (κ2) is 4.28. The first-order valence-electron chi connectivity index (χ1n) is 4.97. The molecule has 1 saturated carbocycles. The lowest BCUT2D eigenvalue weighted by molar-refractivity contribution is 0.119. The molecule has 2 rings (SSSR count). The summed E-state index contributed by atoms with van der Waals surface area (Å²) in [5.74, 6) is 0.430. The summed E-state index contributed by atoms with van der Waals surface area (Å²) in [5, 5.41) is 12.3. The number of ether oxygens (including phenoxy) is 1. The van der Waals surface area contributed by atoms with E-state index in [2.05, 4.69) is 4.98 Å². The Morgan fingerprint density at radius 3 is 3.07 bits per heavy atom. The van der Waals surface area contributed by atoms with E-state index in [9.17, 15) is 5.11 Å². The molecular weight excluding hydrogens is 198 g/mol. The highest BCUT2D eigenvalue weighted by atomic mass is 32.1. The standard InChI is InChI=1S/C10H15NO2S/c1-13-10-11-9(6-14-10)7-3-2-4-8(12)5-7/h6-8,12H,2-5H2,1H3. The van der Waals surface area contributed by atoms with Crippen molar-refractivity contribution < 1.29 is 9.84 Å². The van der Waals surface area contributed by atoms with E-state index in [1.807, 2.05) is 5.38 Å². The van der Waals surface area contributed by atoms with Crippen LogP contribution >= 0.6 is 11.3 Å². The molecule has 1 aromatic rings. The molecule has 2 atom stereocenters. The Balaban J connectivity index is 2.06. The van der Waals surface area contributed by atoms with Crippen molar-refractivity contribution in [2.75, 3.05) is 7.11 Å². The first-order valence-corrected chi connectivity index (χ1v) is 5.85. The largest absolute Gasteiger partial charge is 0.473 e. The quantitative estimate of drug-likeness (QED) is 0.818. The summed E-state index contributed by atoms with van der Waals surface area (Å²) in [5.41, 5.74) is 1.09. The topological polar surface area (TPSA) is 42.4 Å². The summed E-state index contributed by atoms with van der Waals surface area (Å²) in [4.78, 5) is 4.37. The molecule has 0 bridgehead atoms. The average Bonchev–Trinajstić information content (AvgIpc) is 2.66. The number of nitrogens with zero attached hydrogens (tertiary/aromatic N) is 1. The van der Waals surface area contributed by atoms with E-state index in [1.54, 1.807) is 7.11 Å². The van der Waals surface area contributed by atoms with Gasteiger partial charge in [0.15, 0.2) is 0 Å². The highest BCUT2D eigenvalue weighted by Gasteiger charge is 2.23. The van der Waals surface area contributed by atoms with Gasteiger partial charge in [0.2, 0.25) is 0 Å². The SMILES string of the molecule is COc1nc(C2CCCC(O)C2)cs1. The zero-order chi connectivity index (χ0) is 9.97. The zero-order valence-corrected chi connectivity index (χ0v) is 9.09. The molecule has 1 N–H and O–H groups in total. The molecule has 0 radical (unpaired) electrons. The summed E-state index contributed by atoms with van der Waals surface area (Å²) >= 11 is 1.53. The first-order chi connectivity index (χ1) is 6.79. The van der Waals surface area contributed by atoms with Crippen molar-refractivity contribution in [3.8, 4) is 5.19 Å². The minimum absolute atomic E-state index is 0.138. The van der Waals surface area contributed by atoms with E-state index in [4.69, 9.17) is 4.74 Å². The normalized spacial score (nSPS) is 27.6. The molecular formula is C10H15NO2S. The maximum atomic E-state index is 9.55. The second-order valence-corrected chi connectivity index (χ2v) is 4.58. The summed E-state index contributed by atoms with van der Waals surface area (Å²) in [7, 11) is 1.64. The summed E-state index contributed by atoms with van der Waals surface area (Å²) in [6.07, 6.45) is 3.90. The van der Waals surface area contributed by atoms with Gasteiger partial charge in [-0.05, 0) is 19.3 Å². The van der Waals surface area contributed by atoms with Crippen LogP contribution in [0.15, 0.2) is 5.38 Å². The third-order valence-corrected chi connectivity index (χ3v) is 3.56. The van der Waals surface area contributed by atoms with Crippen LogP contribution < -0.4 is 4.74 Å². The Bertz CT molecular complexity index is 300. The Hall–Kier alpha value is -0.610. The van der Waals surface area contributed by atoms with Crippen molar-refractivity contribution in [1.29, 1.82) is 0 Å². The van der Waals surface area contributed by atoms with E-state index in [0.29, 0.717) is 5.92 Å². The fourth-order valence-electron chi connectivity index (χ4n) is 1.98. The van der Waals surface area contributed by atoms with E-state index in [1.165, 1.54) is 11.3 Å². The van der Waals surface area contributed by atoms with Crippen LogP contribution in [-0.4, -0.2) is 23.3 Å². The van der Waals surface area contributed by atoms with Gasteiger partial charge in [0, 0.05) is 11.3 Å². The molecule has 1 aromatic heterocycles. The number of hydrogen-bond donors (Lipinski definition) is 1. The maximum Gasteiger partial charge on any atom is 0.273 e. The van der Waals surface area contributed by atoms with Crippen LogP contribution in [0.3, 0.4) is 0 Å². The van der Waals surface area contributed by atoms with Crippen LogP contribution in [0.1, 0.15) is 37.3 Å². The van der Waals surface area contributed by atoms with Crippen LogP contribution in [0, 0.1) is 0 Å². The number of methoxy groups -OCH3 is 1. The van der Waals surface area contributed by atoms with Crippen LogP contribution in [0.4, 0.5) is 0 Å². The van der Waals surface area contributed by atoms with Crippen LogP contribution in [0.2, 0.25) is 0 Å². The Morgan fingerprint density at radius 1 is 1.57 bits per heavy atom. The van der Waals surface area contributed by atoms with Crippen molar-refractivity contribution in [1.82, 2.24) is 4.98 Å². The van der Waals surface area contributed by atoms with Gasteiger partial charge in [-0.3, -0.25) is 0 Å². The minimum Gasteiger partial charge on any atom is -0.473 e. The van der Waals surface area contributed by atoms with Gasteiger partial charge in [0.05, 0.1) is 18.9 Å². The van der Waals surface area contributed by atoms with Gasteiger partial charge in [0.1, 0.15) is 0 Å². The number of thiazole rings is 1. The van der Waals surface area contributed by atoms with Gasteiger partial charge in [-0.1, -0.05) is 17.8 Å². The Labute approximate surface area is 87.7 Å². The molecule has 2 unspecified atom stereocenters. The van der Waals surface area contributed by atoms with Gasteiger partial charge in [-0.2, -0.15) is 0 Å². The predicted molar refractivity (Wildman–Crippen MR) is 55.9 cm³/mol. The van der Waals surface area contributed by atoms with E-state index < -0.39 is 0 Å². The molecule has 1 aliphatic rings. The molecule has 0 amide bonds. The second-order valence-electron chi connectivity index (χ2n) is 3.76. The summed E-state index contributed by atoms with van der Waals surface area (Å²) < 4.78 is 5.06. The van der Waals surface area contributed by atoms with Gasteiger partial charge in [-0.25, -0.2) is 4.98 Å². The number of hydrogen-bond acceptors (Lipinski definition) is 4. The molecule has 78 valence electrons. The van der Waals surface area contributed by atoms with Crippen molar-refractivity contribution in [2.45, 2.75) is 37.7 Å². The van der Waals surface area contributed by atoms with Gasteiger partial charge < -0.3 is 9.84 Å². The van der Waals surface area contributed by atoms with Crippen molar-refractivity contribution in [3.05, 3.63) is 11.1 Å². The van der Waals surface area contributed by atoms with Crippen molar-refractivity contribution in [2.24, 2.45) is 0 Å². The molecule has 4 heteroatoms. The van der Waals surface area contributed by atoms with Crippen LogP contribution in [0.25, 0.3) is 0 Å². The average molecular weight is 213 g/mol. The van der Waals surface area contributed by atoms with Crippen LogP contribution in [-0.2, 0) is 0 Å². The molecule has 0 aromatic carbocycles. The predicted octanol–water partition coefficient (Wildman–Crippen LogP) is 2.17. The number of aliphatic hydroxyl groups is 1. The lowest BCUT2D eigenvalue weighted by Crippen LogP contribution is -2.18. The van der Waals surface area contributed by atoms with Crippen LogP contribution in [0.5, 0.6) is 5.19 Å². The van der Waals surface area contributed by atoms with Crippen molar-refractivity contribution in [3.63, 3.8) is 0 Å². The Kier molecular flexibility index (Phi) is 3.03. The van der Waals surface area contributed by atoms with E-state index in [-0.39, 0.29) is 6.10 Å². The third-order valence-electron chi connectivity index (χ3n) is 2.74. The lowest BCUT2D eigenvalue weighted by atomic mass is 9.86. The van der Waals surface area contributed by atoms with E-state index >= 15 is 0 Å². The molecule has 1 heterocycles. The molecule has 1 aliphatic carbocycles. The zero-order valence-electron chi connectivity index (χ0n) is 8.27. The molecule has 3 nitrogen and oxygen atoms in total. The highest BCUT2D eigenvalue weighted by Crippen LogP contribution is 2.34. The molecule has 0 aliphatic heterocycles. The monoisotopic (exact) mass is 213 g/mol. The van der Waals surface area contributed by atoms with Crippen molar-refractivity contribution >= 4 is 11.3 Å². The first kappa shape index (κ1) is 9.93. The van der Waals surface area contributed by atoms with Gasteiger partial charge >= 0.3 is 0 Å². The fourth-order valence-corrected chi connectivity index (χ4v) is 2.70. The highest BCUT2D eigenvalue weighted by molar-refractivity contribution is 7.11. The summed E-state index contributed by atoms with van der Waals surface area (Å²) in [6, 6.07) is 0. The molecule has 1 fully saturated rings. The Morgan fingerprint density at radius 2 is 2.43 bits per heavy atom. The fraction of sp³-hybridized carbons (Fsp3) is 0.700. The summed E-state index contributed by atoms with van der Waals surface area (Å²) in [6.45, 7) is 0. The lowest BCUT2D eigenvalue weighted by Gasteiger charge is -2.24. The third kappa shape index (κ3) is 2.07. The number of aliphatic hydroxyl groups excluding tert-OH is 1. The molecule has 0 saturated heterocycles.